The monoisotopic (exact) mass is 323 g/mol. The first-order chi connectivity index (χ1) is 11.6. The second-order valence-corrected chi connectivity index (χ2v) is 5.02. The zero-order chi connectivity index (χ0) is 17.4. The highest BCUT2D eigenvalue weighted by molar-refractivity contribution is 6.45. The van der Waals surface area contributed by atoms with E-state index >= 15 is 0 Å². The summed E-state index contributed by atoms with van der Waals surface area (Å²) in [7, 11) is 3.59. The fourth-order valence-electron chi connectivity index (χ4n) is 1.96. The molecule has 0 aliphatic heterocycles. The minimum atomic E-state index is -0.454. The van der Waals surface area contributed by atoms with E-state index < -0.39 is 5.91 Å². The molecule has 0 heterocycles. The van der Waals surface area contributed by atoms with Gasteiger partial charge in [0.2, 0.25) is 0 Å². The molecule has 6 nitrogen and oxygen atoms in total. The Bertz CT molecular complexity index is 720. The van der Waals surface area contributed by atoms with Crippen molar-refractivity contribution in [1.29, 1.82) is 5.41 Å². The fraction of sp³-hybridized carbons (Fsp3) is 0.111. The molecule has 0 saturated carbocycles. The molecule has 2 aromatic carbocycles. The SMILES string of the molecule is CN/C=C\C(=N)C(=O)Nc1ccc(Nc2ccc(NC)cc2)cc1. The van der Waals surface area contributed by atoms with Crippen LogP contribution < -0.4 is 21.3 Å². The lowest BCUT2D eigenvalue weighted by Crippen LogP contribution is -2.20. The van der Waals surface area contributed by atoms with Crippen molar-refractivity contribution in [3.05, 3.63) is 60.8 Å². The zero-order valence-corrected chi connectivity index (χ0v) is 13.7. The second-order valence-electron chi connectivity index (χ2n) is 5.02. The molecule has 0 spiro atoms. The van der Waals surface area contributed by atoms with Crippen molar-refractivity contribution in [2.24, 2.45) is 0 Å². The molecule has 0 saturated heterocycles. The number of anilines is 4. The molecule has 6 heteroatoms. The lowest BCUT2D eigenvalue weighted by molar-refractivity contribution is -0.110. The summed E-state index contributed by atoms with van der Waals surface area (Å²) in [4.78, 5) is 11.8. The van der Waals surface area contributed by atoms with Crippen molar-refractivity contribution in [3.63, 3.8) is 0 Å². The largest absolute Gasteiger partial charge is 0.394 e. The molecule has 1 amide bonds. The van der Waals surface area contributed by atoms with Crippen LogP contribution in [0, 0.1) is 5.41 Å². The number of carbonyl (C=O) groups is 1. The third kappa shape index (κ3) is 4.88. The summed E-state index contributed by atoms with van der Waals surface area (Å²) >= 11 is 0. The van der Waals surface area contributed by atoms with E-state index in [1.807, 2.05) is 43.4 Å². The topological polar surface area (TPSA) is 89.0 Å². The molecule has 0 aliphatic carbocycles. The number of hydrogen-bond acceptors (Lipinski definition) is 5. The normalized spacial score (nSPS) is 10.2. The Labute approximate surface area is 141 Å². The predicted octanol–water partition coefficient (Wildman–Crippen LogP) is 3.16. The standard InChI is InChI=1S/C18H21N5O/c1-20-12-11-17(19)18(24)23-16-9-7-15(8-10-16)22-14-5-3-13(21-2)4-6-14/h3-12,19-22H,1-2H3,(H,23,24)/b12-11-,19-17?. The molecule has 0 radical (unpaired) electrons. The molecule has 0 bridgehead atoms. The van der Waals surface area contributed by atoms with Gasteiger partial charge in [-0.2, -0.15) is 0 Å². The van der Waals surface area contributed by atoms with Gasteiger partial charge in [-0.3, -0.25) is 10.2 Å². The molecular formula is C18H21N5O. The summed E-state index contributed by atoms with van der Waals surface area (Å²) in [6.07, 6.45) is 2.94. The van der Waals surface area contributed by atoms with Crippen molar-refractivity contribution >= 4 is 34.4 Å². The fourth-order valence-corrected chi connectivity index (χ4v) is 1.96. The van der Waals surface area contributed by atoms with Crippen molar-refractivity contribution in [2.75, 3.05) is 30.0 Å². The van der Waals surface area contributed by atoms with Crippen molar-refractivity contribution < 1.29 is 4.79 Å². The first-order valence-electron chi connectivity index (χ1n) is 7.51. The Balaban J connectivity index is 1.95. The highest BCUT2D eigenvalue weighted by Gasteiger charge is 2.06. The maximum Gasteiger partial charge on any atom is 0.273 e. The van der Waals surface area contributed by atoms with E-state index in [4.69, 9.17) is 5.41 Å². The van der Waals surface area contributed by atoms with E-state index in [9.17, 15) is 4.79 Å². The van der Waals surface area contributed by atoms with Crippen LogP contribution in [0.2, 0.25) is 0 Å². The minimum Gasteiger partial charge on any atom is -0.394 e. The molecular weight excluding hydrogens is 302 g/mol. The summed E-state index contributed by atoms with van der Waals surface area (Å²) in [5.41, 5.74) is 3.46. The summed E-state index contributed by atoms with van der Waals surface area (Å²) in [6, 6.07) is 15.3. The van der Waals surface area contributed by atoms with Crippen LogP contribution in [-0.4, -0.2) is 25.7 Å². The Morgan fingerprint density at radius 1 is 0.875 bits per heavy atom. The van der Waals surface area contributed by atoms with Crippen LogP contribution in [0.15, 0.2) is 60.8 Å². The van der Waals surface area contributed by atoms with Crippen molar-refractivity contribution in [2.45, 2.75) is 0 Å². The molecule has 5 N–H and O–H groups in total. The molecule has 0 fully saturated rings. The highest BCUT2D eigenvalue weighted by Crippen LogP contribution is 2.20. The Morgan fingerprint density at radius 2 is 1.38 bits per heavy atom. The average Bonchev–Trinajstić information content (AvgIpc) is 2.62. The quantitative estimate of drug-likeness (QED) is 0.506. The van der Waals surface area contributed by atoms with Gasteiger partial charge in [-0.25, -0.2) is 0 Å². The molecule has 24 heavy (non-hydrogen) atoms. The van der Waals surface area contributed by atoms with E-state index in [2.05, 4.69) is 21.3 Å². The summed E-state index contributed by atoms with van der Waals surface area (Å²) < 4.78 is 0. The molecule has 0 unspecified atom stereocenters. The van der Waals surface area contributed by atoms with Crippen molar-refractivity contribution in [1.82, 2.24) is 5.32 Å². The molecule has 0 aromatic heterocycles. The van der Waals surface area contributed by atoms with E-state index in [1.54, 1.807) is 19.2 Å². The molecule has 0 atom stereocenters. The van der Waals surface area contributed by atoms with Gasteiger partial charge in [-0.15, -0.1) is 0 Å². The van der Waals surface area contributed by atoms with Crippen LogP contribution in [0.1, 0.15) is 0 Å². The summed E-state index contributed by atoms with van der Waals surface area (Å²) in [6.45, 7) is 0. The molecule has 0 aliphatic rings. The maximum absolute atomic E-state index is 11.8. The first-order valence-corrected chi connectivity index (χ1v) is 7.51. The minimum absolute atomic E-state index is 0.115. The zero-order valence-electron chi connectivity index (χ0n) is 13.7. The van der Waals surface area contributed by atoms with Crippen LogP contribution >= 0.6 is 0 Å². The van der Waals surface area contributed by atoms with Crippen LogP contribution in [0.4, 0.5) is 22.7 Å². The van der Waals surface area contributed by atoms with Gasteiger partial charge in [0.05, 0.1) is 0 Å². The Morgan fingerprint density at radius 3 is 1.88 bits per heavy atom. The Hall–Kier alpha value is -3.28. The van der Waals surface area contributed by atoms with Gasteiger partial charge >= 0.3 is 0 Å². The van der Waals surface area contributed by atoms with Gasteiger partial charge < -0.3 is 21.3 Å². The third-order valence-electron chi connectivity index (χ3n) is 3.27. The number of amides is 1. The molecule has 2 rings (SSSR count). The van der Waals surface area contributed by atoms with E-state index in [0.29, 0.717) is 5.69 Å². The molecule has 2 aromatic rings. The van der Waals surface area contributed by atoms with Gasteiger partial charge in [0.25, 0.3) is 5.91 Å². The highest BCUT2D eigenvalue weighted by atomic mass is 16.1. The van der Waals surface area contributed by atoms with Gasteiger partial charge in [-0.1, -0.05) is 0 Å². The van der Waals surface area contributed by atoms with Gasteiger partial charge in [0.1, 0.15) is 5.71 Å². The van der Waals surface area contributed by atoms with E-state index in [-0.39, 0.29) is 5.71 Å². The number of carbonyl (C=O) groups excluding carboxylic acids is 1. The number of nitrogens with one attached hydrogen (secondary N) is 5. The van der Waals surface area contributed by atoms with Crippen LogP contribution in [0.25, 0.3) is 0 Å². The lowest BCUT2D eigenvalue weighted by atomic mass is 10.2. The smallest absolute Gasteiger partial charge is 0.273 e. The maximum atomic E-state index is 11.8. The second kappa shape index (κ2) is 8.38. The third-order valence-corrected chi connectivity index (χ3v) is 3.27. The predicted molar refractivity (Wildman–Crippen MR) is 100 cm³/mol. The van der Waals surface area contributed by atoms with Crippen LogP contribution in [0.3, 0.4) is 0 Å². The Kier molecular flexibility index (Phi) is 5.96. The lowest BCUT2D eigenvalue weighted by Gasteiger charge is -2.09. The van der Waals surface area contributed by atoms with Gasteiger partial charge in [0, 0.05) is 36.8 Å². The first kappa shape index (κ1) is 17.1. The van der Waals surface area contributed by atoms with E-state index in [1.165, 1.54) is 12.3 Å². The number of benzene rings is 2. The van der Waals surface area contributed by atoms with Crippen LogP contribution in [-0.2, 0) is 4.79 Å². The van der Waals surface area contributed by atoms with Gasteiger partial charge in [-0.05, 0) is 60.8 Å². The average molecular weight is 323 g/mol. The summed E-state index contributed by atoms with van der Waals surface area (Å²) in [5.74, 6) is -0.454. The number of rotatable bonds is 7. The van der Waals surface area contributed by atoms with Crippen molar-refractivity contribution in [3.8, 4) is 0 Å². The van der Waals surface area contributed by atoms with Crippen LogP contribution in [0.5, 0.6) is 0 Å². The molecule has 124 valence electrons. The van der Waals surface area contributed by atoms with Gasteiger partial charge in [0.15, 0.2) is 0 Å². The summed E-state index contributed by atoms with van der Waals surface area (Å²) in [5, 5.41) is 19.4. The number of hydrogen-bond donors (Lipinski definition) is 5. The van der Waals surface area contributed by atoms with E-state index in [0.717, 1.165) is 17.1 Å².